The van der Waals surface area contributed by atoms with Crippen molar-refractivity contribution in [3.63, 3.8) is 0 Å². The molecule has 0 fully saturated rings. The quantitative estimate of drug-likeness (QED) is 0.153. The van der Waals surface area contributed by atoms with Gasteiger partial charge in [0.25, 0.3) is 0 Å². The van der Waals surface area contributed by atoms with Crippen LogP contribution in [0.15, 0.2) is 231 Å². The summed E-state index contributed by atoms with van der Waals surface area (Å²) in [6.07, 6.45) is 0. The van der Waals surface area contributed by atoms with Gasteiger partial charge in [0.05, 0.1) is 11.0 Å². The molecule has 1 heterocycles. The Morgan fingerprint density at radius 1 is 0.300 bits per heavy atom. The van der Waals surface area contributed by atoms with Crippen LogP contribution in [-0.4, -0.2) is 4.57 Å². The third kappa shape index (κ3) is 5.42. The van der Waals surface area contributed by atoms with Gasteiger partial charge in [-0.1, -0.05) is 170 Å². The first-order valence-corrected chi connectivity index (χ1v) is 20.7. The fourth-order valence-electron chi connectivity index (χ4n) is 9.60. The lowest BCUT2D eigenvalue weighted by molar-refractivity contribution is 1.19. The Balaban J connectivity index is 1.06. The molecule has 12 aromatic rings. The van der Waals surface area contributed by atoms with Crippen LogP contribution >= 0.6 is 0 Å². The fourth-order valence-corrected chi connectivity index (χ4v) is 9.60. The molecular weight excluding hydrogens is 725 g/mol. The minimum absolute atomic E-state index is 1.11. The number of anilines is 3. The SMILES string of the molecule is c1ccc(-c2ccc(N(c3ccccc3)c3ccc(-c4cc5c6ccccc6c6c(c7ccccc7n6-c6ccc7ccccc7c6)c5c5ccccc45)cc3)cc2)cc1. The Morgan fingerprint density at radius 3 is 1.57 bits per heavy atom. The molecule has 0 N–H and O–H groups in total. The standard InChI is InChI=1S/C58H38N2/c1-3-15-39(16-4-1)41-27-32-45(33-28-41)59(44-19-5-2-6-20-44)46-34-30-42(31-35-46)53-38-54-49-22-10-12-24-51(49)58-57(56(54)50-23-11-9-21-48(50)53)52-25-13-14-26-55(52)60(58)47-36-29-40-17-7-8-18-43(40)37-47/h1-38H. The lowest BCUT2D eigenvalue weighted by Gasteiger charge is -2.26. The van der Waals surface area contributed by atoms with E-state index in [1.807, 2.05) is 0 Å². The number of nitrogens with zero attached hydrogens (tertiary/aromatic N) is 2. The van der Waals surface area contributed by atoms with E-state index in [1.165, 1.54) is 92.8 Å². The van der Waals surface area contributed by atoms with E-state index in [0.717, 1.165) is 17.1 Å². The Bertz CT molecular complexity index is 3570. The van der Waals surface area contributed by atoms with Gasteiger partial charge in [-0.05, 0) is 115 Å². The highest BCUT2D eigenvalue weighted by Gasteiger charge is 2.22. The Hall–Kier alpha value is -7.94. The van der Waals surface area contributed by atoms with Gasteiger partial charge in [0.15, 0.2) is 0 Å². The molecule has 0 atom stereocenters. The molecule has 280 valence electrons. The smallest absolute Gasteiger partial charge is 0.0626 e. The summed E-state index contributed by atoms with van der Waals surface area (Å²) in [5.41, 5.74) is 11.8. The first kappa shape index (κ1) is 34.1. The van der Waals surface area contributed by atoms with Crippen LogP contribution in [0, 0.1) is 0 Å². The van der Waals surface area contributed by atoms with E-state index in [9.17, 15) is 0 Å². The van der Waals surface area contributed by atoms with Gasteiger partial charge in [-0.2, -0.15) is 0 Å². The molecule has 0 bridgehead atoms. The highest BCUT2D eigenvalue weighted by atomic mass is 15.1. The van der Waals surface area contributed by atoms with E-state index >= 15 is 0 Å². The zero-order chi connectivity index (χ0) is 39.6. The van der Waals surface area contributed by atoms with Crippen molar-refractivity contribution in [2.24, 2.45) is 0 Å². The number of hydrogen-bond acceptors (Lipinski definition) is 1. The minimum Gasteiger partial charge on any atom is -0.311 e. The molecule has 0 aliphatic rings. The highest BCUT2D eigenvalue weighted by molar-refractivity contribution is 6.38. The van der Waals surface area contributed by atoms with E-state index in [2.05, 4.69) is 240 Å². The van der Waals surface area contributed by atoms with Crippen molar-refractivity contribution in [2.75, 3.05) is 4.90 Å². The topological polar surface area (TPSA) is 8.17 Å². The number of fused-ring (bicyclic) bond motifs is 11. The summed E-state index contributed by atoms with van der Waals surface area (Å²) in [5.74, 6) is 0. The number of rotatable bonds is 6. The van der Waals surface area contributed by atoms with Crippen LogP contribution in [0.4, 0.5) is 17.1 Å². The van der Waals surface area contributed by atoms with Crippen molar-refractivity contribution < 1.29 is 0 Å². The van der Waals surface area contributed by atoms with Crippen molar-refractivity contribution in [3.05, 3.63) is 231 Å². The van der Waals surface area contributed by atoms with Crippen molar-refractivity contribution in [3.8, 4) is 27.9 Å². The average molecular weight is 763 g/mol. The van der Waals surface area contributed by atoms with Crippen LogP contribution < -0.4 is 4.90 Å². The molecule has 0 amide bonds. The molecular formula is C58H38N2. The molecule has 2 nitrogen and oxygen atoms in total. The summed E-state index contributed by atoms with van der Waals surface area (Å²) in [5, 5.41) is 12.6. The van der Waals surface area contributed by atoms with E-state index in [1.54, 1.807) is 0 Å². The van der Waals surface area contributed by atoms with E-state index in [-0.39, 0.29) is 0 Å². The molecule has 0 unspecified atom stereocenters. The van der Waals surface area contributed by atoms with Gasteiger partial charge < -0.3 is 9.47 Å². The van der Waals surface area contributed by atoms with Crippen molar-refractivity contribution in [2.45, 2.75) is 0 Å². The summed E-state index contributed by atoms with van der Waals surface area (Å²) >= 11 is 0. The molecule has 2 heteroatoms. The summed E-state index contributed by atoms with van der Waals surface area (Å²) in [7, 11) is 0. The number of aromatic nitrogens is 1. The van der Waals surface area contributed by atoms with Crippen molar-refractivity contribution in [1.82, 2.24) is 4.57 Å². The maximum absolute atomic E-state index is 2.49. The monoisotopic (exact) mass is 762 g/mol. The Morgan fingerprint density at radius 2 is 0.833 bits per heavy atom. The zero-order valence-electron chi connectivity index (χ0n) is 32.8. The van der Waals surface area contributed by atoms with Gasteiger partial charge in [0, 0.05) is 44.3 Å². The second-order valence-electron chi connectivity index (χ2n) is 15.7. The molecule has 0 saturated carbocycles. The summed E-state index contributed by atoms with van der Waals surface area (Å²) in [4.78, 5) is 2.34. The van der Waals surface area contributed by atoms with Crippen LogP contribution in [-0.2, 0) is 0 Å². The molecule has 1 aromatic heterocycles. The van der Waals surface area contributed by atoms with Crippen molar-refractivity contribution >= 4 is 82.0 Å². The number of para-hydroxylation sites is 2. The van der Waals surface area contributed by atoms with Crippen LogP contribution in [0.5, 0.6) is 0 Å². The number of hydrogen-bond donors (Lipinski definition) is 0. The molecule has 0 saturated heterocycles. The molecule has 11 aromatic carbocycles. The second-order valence-corrected chi connectivity index (χ2v) is 15.7. The molecule has 0 aliphatic carbocycles. The predicted molar refractivity (Wildman–Crippen MR) is 256 cm³/mol. The number of benzene rings is 11. The molecule has 60 heavy (non-hydrogen) atoms. The summed E-state index contributed by atoms with van der Waals surface area (Å²) in [6, 6.07) is 84.1. The average Bonchev–Trinajstić information content (AvgIpc) is 3.68. The first-order valence-electron chi connectivity index (χ1n) is 20.7. The van der Waals surface area contributed by atoms with E-state index < -0.39 is 0 Å². The molecule has 12 rings (SSSR count). The Labute approximate surface area is 348 Å². The second kappa shape index (κ2) is 13.9. The zero-order valence-corrected chi connectivity index (χ0v) is 32.8. The van der Waals surface area contributed by atoms with Gasteiger partial charge in [-0.15, -0.1) is 0 Å². The lowest BCUT2D eigenvalue weighted by atomic mass is 9.88. The lowest BCUT2D eigenvalue weighted by Crippen LogP contribution is -2.09. The van der Waals surface area contributed by atoms with Crippen LogP contribution in [0.1, 0.15) is 0 Å². The fraction of sp³-hybridized carbons (Fsp3) is 0. The predicted octanol–water partition coefficient (Wildman–Crippen LogP) is 16.2. The normalized spacial score (nSPS) is 11.7. The van der Waals surface area contributed by atoms with Crippen LogP contribution in [0.2, 0.25) is 0 Å². The van der Waals surface area contributed by atoms with Gasteiger partial charge in [-0.3, -0.25) is 0 Å². The van der Waals surface area contributed by atoms with Crippen molar-refractivity contribution in [1.29, 1.82) is 0 Å². The van der Waals surface area contributed by atoms with Gasteiger partial charge in [0.2, 0.25) is 0 Å². The molecule has 0 spiro atoms. The van der Waals surface area contributed by atoms with E-state index in [0.29, 0.717) is 0 Å². The van der Waals surface area contributed by atoms with E-state index in [4.69, 9.17) is 0 Å². The van der Waals surface area contributed by atoms with Gasteiger partial charge in [0.1, 0.15) is 0 Å². The van der Waals surface area contributed by atoms with Crippen LogP contribution in [0.25, 0.3) is 92.8 Å². The highest BCUT2D eigenvalue weighted by Crippen LogP contribution is 2.47. The third-order valence-electron chi connectivity index (χ3n) is 12.3. The van der Waals surface area contributed by atoms with Gasteiger partial charge >= 0.3 is 0 Å². The maximum Gasteiger partial charge on any atom is 0.0626 e. The third-order valence-corrected chi connectivity index (χ3v) is 12.3. The van der Waals surface area contributed by atoms with Gasteiger partial charge in [-0.25, -0.2) is 0 Å². The molecule has 0 radical (unpaired) electrons. The largest absolute Gasteiger partial charge is 0.311 e. The summed E-state index contributed by atoms with van der Waals surface area (Å²) < 4.78 is 2.49. The van der Waals surface area contributed by atoms with Crippen LogP contribution in [0.3, 0.4) is 0 Å². The Kier molecular flexibility index (Phi) is 7.89. The minimum atomic E-state index is 1.11. The first-order chi connectivity index (χ1) is 29.8. The molecule has 0 aliphatic heterocycles. The summed E-state index contributed by atoms with van der Waals surface area (Å²) in [6.45, 7) is 0. The maximum atomic E-state index is 2.49.